The van der Waals surface area contributed by atoms with E-state index in [1.54, 1.807) is 11.8 Å². The van der Waals surface area contributed by atoms with Crippen molar-refractivity contribution >= 4 is 17.5 Å². The average molecular weight is 251 g/mol. The molecule has 1 saturated heterocycles. The zero-order chi connectivity index (χ0) is 12.5. The molecule has 1 N–H and O–H groups in total. The maximum absolute atomic E-state index is 12.3. The molecule has 0 aromatic heterocycles. The number of thioether (sulfide) groups is 1. The fourth-order valence-electron chi connectivity index (χ4n) is 2.11. The maximum Gasteiger partial charge on any atom is 0.180 e. The number of nitrogens with zero attached hydrogens (tertiary/aromatic N) is 1. The molecule has 0 bridgehead atoms. The SMILES string of the molecule is CC1(C)SC[C@@H](C(=O)c2ccccc2)N1CO. The minimum absolute atomic E-state index is 0.0801. The third-order valence-electron chi connectivity index (χ3n) is 3.18. The number of hydrogen-bond donors (Lipinski definition) is 1. The van der Waals surface area contributed by atoms with Gasteiger partial charge in [0.1, 0.15) is 0 Å². The highest BCUT2D eigenvalue weighted by molar-refractivity contribution is 8.00. The molecule has 1 fully saturated rings. The Balaban J connectivity index is 2.22. The van der Waals surface area contributed by atoms with Gasteiger partial charge in [0.2, 0.25) is 0 Å². The second-order valence-corrected chi connectivity index (χ2v) is 6.24. The van der Waals surface area contributed by atoms with E-state index in [9.17, 15) is 9.90 Å². The summed E-state index contributed by atoms with van der Waals surface area (Å²) in [6, 6.07) is 9.06. The Kier molecular flexibility index (Phi) is 3.56. The number of carbonyl (C=O) groups excluding carboxylic acids is 1. The van der Waals surface area contributed by atoms with E-state index in [2.05, 4.69) is 0 Å². The van der Waals surface area contributed by atoms with Crippen molar-refractivity contribution in [2.45, 2.75) is 24.8 Å². The number of rotatable bonds is 3. The van der Waals surface area contributed by atoms with Gasteiger partial charge >= 0.3 is 0 Å². The van der Waals surface area contributed by atoms with E-state index in [-0.39, 0.29) is 23.4 Å². The molecule has 0 saturated carbocycles. The van der Waals surface area contributed by atoms with Crippen LogP contribution in [-0.4, -0.2) is 39.2 Å². The largest absolute Gasteiger partial charge is 0.381 e. The summed E-state index contributed by atoms with van der Waals surface area (Å²) in [6.07, 6.45) is 0. The van der Waals surface area contributed by atoms with E-state index < -0.39 is 0 Å². The van der Waals surface area contributed by atoms with Gasteiger partial charge in [-0.2, -0.15) is 0 Å². The normalized spacial score (nSPS) is 23.8. The first kappa shape index (κ1) is 12.6. The van der Waals surface area contributed by atoms with Crippen molar-refractivity contribution in [1.29, 1.82) is 0 Å². The van der Waals surface area contributed by atoms with Gasteiger partial charge in [-0.1, -0.05) is 30.3 Å². The molecule has 17 heavy (non-hydrogen) atoms. The summed E-state index contributed by atoms with van der Waals surface area (Å²) < 4.78 is 0. The zero-order valence-corrected chi connectivity index (χ0v) is 10.9. The molecule has 0 amide bonds. The van der Waals surface area contributed by atoms with Crippen LogP contribution < -0.4 is 0 Å². The Hall–Kier alpha value is -0.840. The molecule has 1 atom stereocenters. The zero-order valence-electron chi connectivity index (χ0n) is 10.1. The summed E-state index contributed by atoms with van der Waals surface area (Å²) in [5.41, 5.74) is 0.717. The summed E-state index contributed by atoms with van der Waals surface area (Å²) in [4.78, 5) is 14.0. The number of carbonyl (C=O) groups is 1. The van der Waals surface area contributed by atoms with Gasteiger partial charge in [-0.05, 0) is 13.8 Å². The molecule has 0 spiro atoms. The number of aliphatic hydroxyl groups is 1. The lowest BCUT2D eigenvalue weighted by Crippen LogP contribution is -2.46. The van der Waals surface area contributed by atoms with Gasteiger partial charge in [-0.25, -0.2) is 0 Å². The lowest BCUT2D eigenvalue weighted by Gasteiger charge is -2.31. The Morgan fingerprint density at radius 3 is 2.71 bits per heavy atom. The number of ketones is 1. The molecule has 2 rings (SSSR count). The van der Waals surface area contributed by atoms with Crippen LogP contribution in [0.3, 0.4) is 0 Å². The van der Waals surface area contributed by atoms with Crippen LogP contribution in [0, 0.1) is 0 Å². The molecule has 0 unspecified atom stereocenters. The van der Waals surface area contributed by atoms with Gasteiger partial charge in [0.25, 0.3) is 0 Å². The predicted molar refractivity (Wildman–Crippen MR) is 70.0 cm³/mol. The minimum Gasteiger partial charge on any atom is -0.381 e. The van der Waals surface area contributed by atoms with E-state index in [0.29, 0.717) is 5.56 Å². The van der Waals surface area contributed by atoms with Gasteiger partial charge in [0.15, 0.2) is 5.78 Å². The van der Waals surface area contributed by atoms with Gasteiger partial charge in [-0.15, -0.1) is 11.8 Å². The molecule has 0 radical (unpaired) electrons. The Bertz CT molecular complexity index is 405. The maximum atomic E-state index is 12.3. The lowest BCUT2D eigenvalue weighted by atomic mass is 10.0. The van der Waals surface area contributed by atoms with Gasteiger partial charge < -0.3 is 5.11 Å². The van der Waals surface area contributed by atoms with Gasteiger partial charge in [-0.3, -0.25) is 9.69 Å². The number of hydrogen-bond acceptors (Lipinski definition) is 4. The van der Waals surface area contributed by atoms with Crippen molar-refractivity contribution in [3.63, 3.8) is 0 Å². The molecule has 1 heterocycles. The summed E-state index contributed by atoms with van der Waals surface area (Å²) in [7, 11) is 0. The molecule has 92 valence electrons. The topological polar surface area (TPSA) is 40.5 Å². The average Bonchev–Trinajstić information content (AvgIpc) is 2.64. The highest BCUT2D eigenvalue weighted by Gasteiger charge is 2.43. The number of benzene rings is 1. The van der Waals surface area contributed by atoms with Crippen molar-refractivity contribution in [2.75, 3.05) is 12.5 Å². The van der Waals surface area contributed by atoms with Crippen LogP contribution in [0.5, 0.6) is 0 Å². The standard InChI is InChI=1S/C13H17NO2S/c1-13(2)14(9-15)11(8-17-13)12(16)10-6-4-3-5-7-10/h3-7,11,15H,8-9H2,1-2H3/t11-/m0/s1. The fourth-order valence-corrected chi connectivity index (χ4v) is 3.36. The van der Waals surface area contributed by atoms with Crippen LogP contribution in [0.25, 0.3) is 0 Å². The monoisotopic (exact) mass is 251 g/mol. The van der Waals surface area contributed by atoms with Crippen LogP contribution in [0.15, 0.2) is 30.3 Å². The van der Waals surface area contributed by atoms with Crippen molar-refractivity contribution < 1.29 is 9.90 Å². The molecule has 3 nitrogen and oxygen atoms in total. The lowest BCUT2D eigenvalue weighted by molar-refractivity contribution is 0.0397. The summed E-state index contributed by atoms with van der Waals surface area (Å²) in [5.74, 6) is 0.833. The second-order valence-electron chi connectivity index (χ2n) is 4.62. The highest BCUT2D eigenvalue weighted by Crippen LogP contribution is 2.39. The molecule has 0 aliphatic carbocycles. The van der Waals surface area contributed by atoms with Crippen molar-refractivity contribution in [2.24, 2.45) is 0 Å². The van der Waals surface area contributed by atoms with Crippen LogP contribution in [-0.2, 0) is 0 Å². The van der Waals surface area contributed by atoms with Crippen LogP contribution >= 0.6 is 11.8 Å². The summed E-state index contributed by atoms with van der Waals surface area (Å²) >= 11 is 1.71. The first-order valence-electron chi connectivity index (χ1n) is 5.67. The summed E-state index contributed by atoms with van der Waals surface area (Å²) in [6.45, 7) is 3.99. The van der Waals surface area contributed by atoms with Crippen LogP contribution in [0.4, 0.5) is 0 Å². The van der Waals surface area contributed by atoms with Crippen molar-refractivity contribution in [3.05, 3.63) is 35.9 Å². The molecule has 1 aromatic rings. The molecule has 4 heteroatoms. The second kappa shape index (κ2) is 4.80. The third-order valence-corrected chi connectivity index (χ3v) is 4.60. The van der Waals surface area contributed by atoms with E-state index in [0.717, 1.165) is 5.75 Å². The summed E-state index contributed by atoms with van der Waals surface area (Å²) in [5, 5.41) is 9.43. The number of Topliss-reactive ketones (excluding diaryl/α,β-unsaturated/α-hetero) is 1. The van der Waals surface area contributed by atoms with E-state index in [4.69, 9.17) is 0 Å². The molecular weight excluding hydrogens is 234 g/mol. The molecule has 1 aliphatic rings. The quantitative estimate of drug-likeness (QED) is 0.834. The van der Waals surface area contributed by atoms with Crippen molar-refractivity contribution in [3.8, 4) is 0 Å². The van der Waals surface area contributed by atoms with Crippen LogP contribution in [0.1, 0.15) is 24.2 Å². The van der Waals surface area contributed by atoms with E-state index in [1.165, 1.54) is 0 Å². The van der Waals surface area contributed by atoms with E-state index >= 15 is 0 Å². The third kappa shape index (κ3) is 2.39. The van der Waals surface area contributed by atoms with Crippen molar-refractivity contribution in [1.82, 2.24) is 4.90 Å². The first-order chi connectivity index (χ1) is 8.06. The Morgan fingerprint density at radius 1 is 1.47 bits per heavy atom. The molecular formula is C13H17NO2S. The first-order valence-corrected chi connectivity index (χ1v) is 6.65. The van der Waals surface area contributed by atoms with Crippen LogP contribution in [0.2, 0.25) is 0 Å². The van der Waals surface area contributed by atoms with E-state index in [1.807, 2.05) is 49.1 Å². The minimum atomic E-state index is -0.220. The Labute approximate surface area is 106 Å². The smallest absolute Gasteiger partial charge is 0.180 e. The highest BCUT2D eigenvalue weighted by atomic mass is 32.2. The fraction of sp³-hybridized carbons (Fsp3) is 0.462. The number of aliphatic hydroxyl groups excluding tert-OH is 1. The predicted octanol–water partition coefficient (Wildman–Crippen LogP) is 1.97. The molecule has 1 aliphatic heterocycles. The van der Waals surface area contributed by atoms with Gasteiger partial charge in [0.05, 0.1) is 17.6 Å². The molecule has 1 aromatic carbocycles. The Morgan fingerprint density at radius 2 is 2.12 bits per heavy atom. The van der Waals surface area contributed by atoms with Gasteiger partial charge in [0, 0.05) is 11.3 Å².